The van der Waals surface area contributed by atoms with Gasteiger partial charge in [0.1, 0.15) is 0 Å². The second kappa shape index (κ2) is 4.78. The number of terminal acetylenes is 1. The molecule has 4 atom stereocenters. The van der Waals surface area contributed by atoms with Gasteiger partial charge in [-0.15, -0.1) is 12.3 Å². The van der Waals surface area contributed by atoms with Crippen molar-refractivity contribution >= 4 is 0 Å². The molecule has 18 heavy (non-hydrogen) atoms. The van der Waals surface area contributed by atoms with Gasteiger partial charge in [0.25, 0.3) is 0 Å². The summed E-state index contributed by atoms with van der Waals surface area (Å²) >= 11 is 0. The van der Waals surface area contributed by atoms with Crippen LogP contribution in [-0.4, -0.2) is 6.04 Å². The van der Waals surface area contributed by atoms with Crippen molar-refractivity contribution in [2.75, 3.05) is 0 Å². The number of nitrogens with two attached hydrogens (primary N) is 1. The molecule has 1 nitrogen and oxygen atoms in total. The van der Waals surface area contributed by atoms with Crippen molar-refractivity contribution in [3.05, 3.63) is 35.4 Å². The van der Waals surface area contributed by atoms with E-state index in [1.165, 1.54) is 12.8 Å². The van der Waals surface area contributed by atoms with Gasteiger partial charge in [-0.3, -0.25) is 0 Å². The monoisotopic (exact) mass is 239 g/mol. The number of aryl methyl sites for hydroxylation is 1. The zero-order chi connectivity index (χ0) is 12.5. The molecule has 0 spiro atoms. The van der Waals surface area contributed by atoms with Gasteiger partial charge in [0, 0.05) is 12.5 Å². The molecule has 2 aliphatic carbocycles. The molecule has 1 saturated carbocycles. The summed E-state index contributed by atoms with van der Waals surface area (Å²) in [6, 6.07) is 9.26. The highest BCUT2D eigenvalue weighted by Gasteiger charge is 2.54. The highest BCUT2D eigenvalue weighted by atomic mass is 14.7. The minimum Gasteiger partial charge on any atom is -0.327 e. The van der Waals surface area contributed by atoms with Crippen LogP contribution in [0.15, 0.2) is 24.3 Å². The predicted molar refractivity (Wildman–Crippen MR) is 75.1 cm³/mol. The molecule has 1 heteroatoms. The number of hydrogen-bond acceptors (Lipinski definition) is 1. The third-order valence-corrected chi connectivity index (χ3v) is 4.74. The Hall–Kier alpha value is -1.26. The van der Waals surface area contributed by atoms with Crippen LogP contribution in [-0.2, 0) is 6.42 Å². The van der Waals surface area contributed by atoms with Crippen LogP contribution in [0.5, 0.6) is 0 Å². The SMILES string of the molecule is C#CCCCC(N)C1C2CCc3ccccc3C21. The van der Waals surface area contributed by atoms with E-state index in [1.54, 1.807) is 11.1 Å². The largest absolute Gasteiger partial charge is 0.327 e. The van der Waals surface area contributed by atoms with E-state index in [0.717, 1.165) is 31.1 Å². The summed E-state index contributed by atoms with van der Waals surface area (Å²) in [5, 5.41) is 0. The summed E-state index contributed by atoms with van der Waals surface area (Å²) in [5.41, 5.74) is 9.50. The van der Waals surface area contributed by atoms with Crippen molar-refractivity contribution < 1.29 is 0 Å². The minimum absolute atomic E-state index is 0.347. The minimum atomic E-state index is 0.347. The van der Waals surface area contributed by atoms with Gasteiger partial charge in [-0.05, 0) is 54.6 Å². The number of hydrogen-bond donors (Lipinski definition) is 1. The van der Waals surface area contributed by atoms with E-state index >= 15 is 0 Å². The first-order chi connectivity index (χ1) is 8.83. The lowest BCUT2D eigenvalue weighted by Gasteiger charge is -2.13. The van der Waals surface area contributed by atoms with E-state index in [0.29, 0.717) is 12.0 Å². The van der Waals surface area contributed by atoms with Crippen molar-refractivity contribution in [1.29, 1.82) is 0 Å². The quantitative estimate of drug-likeness (QED) is 0.634. The third-order valence-electron chi connectivity index (χ3n) is 4.74. The Morgan fingerprint density at radius 3 is 3.06 bits per heavy atom. The van der Waals surface area contributed by atoms with Gasteiger partial charge in [-0.2, -0.15) is 0 Å². The standard InChI is InChI=1S/C17H21N/c1-2-3-4-9-15(18)17-14-11-10-12-7-5-6-8-13(12)16(14)17/h1,5-8,14-17H,3-4,9-11,18H2. The van der Waals surface area contributed by atoms with Crippen LogP contribution >= 0.6 is 0 Å². The molecular formula is C17H21N. The van der Waals surface area contributed by atoms with E-state index in [1.807, 2.05) is 0 Å². The molecule has 2 N–H and O–H groups in total. The van der Waals surface area contributed by atoms with E-state index < -0.39 is 0 Å². The molecule has 0 radical (unpaired) electrons. The second-order valence-electron chi connectivity index (χ2n) is 5.76. The van der Waals surface area contributed by atoms with Crippen molar-refractivity contribution in [3.63, 3.8) is 0 Å². The maximum atomic E-state index is 6.37. The van der Waals surface area contributed by atoms with Crippen molar-refractivity contribution in [2.24, 2.45) is 17.6 Å². The highest BCUT2D eigenvalue weighted by Crippen LogP contribution is 2.61. The molecule has 4 unspecified atom stereocenters. The fourth-order valence-corrected chi connectivity index (χ4v) is 3.84. The Morgan fingerprint density at radius 1 is 1.39 bits per heavy atom. The average Bonchev–Trinajstić information content (AvgIpc) is 3.14. The van der Waals surface area contributed by atoms with E-state index in [-0.39, 0.29) is 0 Å². The number of unbranched alkanes of at least 4 members (excludes halogenated alkanes) is 1. The van der Waals surface area contributed by atoms with Crippen molar-refractivity contribution in [2.45, 2.75) is 44.1 Å². The van der Waals surface area contributed by atoms with E-state index in [9.17, 15) is 0 Å². The molecule has 0 saturated heterocycles. The number of rotatable bonds is 4. The molecule has 1 aromatic carbocycles. The average molecular weight is 239 g/mol. The second-order valence-corrected chi connectivity index (χ2v) is 5.76. The first-order valence-electron chi connectivity index (χ1n) is 7.09. The van der Waals surface area contributed by atoms with Gasteiger partial charge < -0.3 is 5.73 Å². The van der Waals surface area contributed by atoms with Crippen molar-refractivity contribution in [1.82, 2.24) is 0 Å². The number of fused-ring (bicyclic) bond motifs is 3. The van der Waals surface area contributed by atoms with Gasteiger partial charge >= 0.3 is 0 Å². The molecule has 1 fully saturated rings. The van der Waals surface area contributed by atoms with Crippen LogP contribution in [0.2, 0.25) is 0 Å². The Kier molecular flexibility index (Phi) is 3.14. The summed E-state index contributed by atoms with van der Waals surface area (Å²) in [4.78, 5) is 0. The van der Waals surface area contributed by atoms with Crippen LogP contribution in [0.1, 0.15) is 42.7 Å². The molecule has 0 aliphatic heterocycles. The molecule has 0 bridgehead atoms. The van der Waals surface area contributed by atoms with Gasteiger partial charge in [-0.1, -0.05) is 24.3 Å². The topological polar surface area (TPSA) is 26.0 Å². The molecule has 0 aromatic heterocycles. The first kappa shape index (κ1) is 11.8. The first-order valence-corrected chi connectivity index (χ1v) is 7.09. The summed E-state index contributed by atoms with van der Waals surface area (Å²) in [6.45, 7) is 0. The van der Waals surface area contributed by atoms with Crippen LogP contribution in [0.25, 0.3) is 0 Å². The predicted octanol–water partition coefficient (Wildman–Crippen LogP) is 3.09. The fourth-order valence-electron chi connectivity index (χ4n) is 3.84. The Labute approximate surface area is 110 Å². The lowest BCUT2D eigenvalue weighted by atomic mass is 9.92. The van der Waals surface area contributed by atoms with Gasteiger partial charge in [0.05, 0.1) is 0 Å². The third kappa shape index (κ3) is 1.95. The summed E-state index contributed by atoms with van der Waals surface area (Å²) in [7, 11) is 0. The van der Waals surface area contributed by atoms with E-state index in [2.05, 4.69) is 30.2 Å². The maximum Gasteiger partial charge on any atom is 0.00866 e. The molecule has 3 rings (SSSR count). The summed E-state index contributed by atoms with van der Waals surface area (Å²) in [5.74, 6) is 5.01. The van der Waals surface area contributed by atoms with Crippen LogP contribution in [0.4, 0.5) is 0 Å². The van der Waals surface area contributed by atoms with Gasteiger partial charge in [0.2, 0.25) is 0 Å². The van der Waals surface area contributed by atoms with Gasteiger partial charge in [0.15, 0.2) is 0 Å². The number of benzene rings is 1. The molecule has 0 heterocycles. The molecule has 2 aliphatic rings. The van der Waals surface area contributed by atoms with Crippen LogP contribution in [0, 0.1) is 24.2 Å². The van der Waals surface area contributed by atoms with E-state index in [4.69, 9.17) is 12.2 Å². The zero-order valence-electron chi connectivity index (χ0n) is 10.8. The molecule has 1 aromatic rings. The lowest BCUT2D eigenvalue weighted by Crippen LogP contribution is -2.23. The van der Waals surface area contributed by atoms with Gasteiger partial charge in [-0.25, -0.2) is 0 Å². The molecular weight excluding hydrogens is 218 g/mol. The highest BCUT2D eigenvalue weighted by molar-refractivity contribution is 5.39. The Morgan fingerprint density at radius 2 is 2.22 bits per heavy atom. The Bertz CT molecular complexity index is 471. The summed E-state index contributed by atoms with van der Waals surface area (Å²) in [6.07, 6.45) is 10.9. The molecule has 0 amide bonds. The van der Waals surface area contributed by atoms with Crippen LogP contribution < -0.4 is 5.73 Å². The smallest absolute Gasteiger partial charge is 0.00866 e. The lowest BCUT2D eigenvalue weighted by molar-refractivity contribution is 0.493. The van der Waals surface area contributed by atoms with Crippen molar-refractivity contribution in [3.8, 4) is 12.3 Å². The Balaban J connectivity index is 1.67. The fraction of sp³-hybridized carbons (Fsp3) is 0.529. The maximum absolute atomic E-state index is 6.37. The molecule has 94 valence electrons. The normalized spacial score (nSPS) is 29.9. The zero-order valence-corrected chi connectivity index (χ0v) is 10.8. The van der Waals surface area contributed by atoms with Crippen LogP contribution in [0.3, 0.4) is 0 Å². The summed E-state index contributed by atoms with van der Waals surface area (Å²) < 4.78 is 0.